The molecule has 0 aromatic carbocycles. The Labute approximate surface area is 122 Å². The van der Waals surface area contributed by atoms with Gasteiger partial charge in [-0.15, -0.1) is 0 Å². The third kappa shape index (κ3) is 4.45. The molecule has 2 atom stereocenters. The highest BCUT2D eigenvalue weighted by molar-refractivity contribution is 8.01. The zero-order valence-electron chi connectivity index (χ0n) is 11.5. The fourth-order valence-electron chi connectivity index (χ4n) is 2.35. The topological polar surface area (TPSA) is 54.9 Å². The van der Waals surface area contributed by atoms with Crippen LogP contribution in [0.15, 0.2) is 4.34 Å². The molecule has 106 valence electrons. The fourth-order valence-corrected chi connectivity index (χ4v) is 3.85. The zero-order valence-corrected chi connectivity index (χ0v) is 13.1. The Morgan fingerprint density at radius 3 is 2.95 bits per heavy atom. The van der Waals surface area contributed by atoms with Crippen LogP contribution in [0.1, 0.15) is 45.4 Å². The van der Waals surface area contributed by atoms with Crippen molar-refractivity contribution in [2.24, 2.45) is 5.92 Å². The van der Waals surface area contributed by atoms with Gasteiger partial charge in [-0.2, -0.15) is 4.37 Å². The molecule has 4 nitrogen and oxygen atoms in total. The number of nitrogens with zero attached hydrogens (tertiary/aromatic N) is 2. The lowest BCUT2D eigenvalue weighted by atomic mass is 9.86. The molecule has 0 aliphatic heterocycles. The summed E-state index contributed by atoms with van der Waals surface area (Å²) in [5.41, 5.74) is 0. The van der Waals surface area contributed by atoms with Gasteiger partial charge in [0, 0.05) is 12.5 Å². The van der Waals surface area contributed by atoms with Crippen molar-refractivity contribution in [2.75, 3.05) is 5.75 Å². The van der Waals surface area contributed by atoms with Gasteiger partial charge in [0.05, 0.1) is 5.75 Å². The van der Waals surface area contributed by atoms with Gasteiger partial charge in [-0.05, 0) is 30.3 Å². The van der Waals surface area contributed by atoms with Crippen molar-refractivity contribution in [3.05, 3.63) is 5.82 Å². The number of carbonyl (C=O) groups excluding carboxylic acids is 1. The van der Waals surface area contributed by atoms with E-state index in [1.54, 1.807) is 0 Å². The van der Waals surface area contributed by atoms with Crippen molar-refractivity contribution < 1.29 is 4.79 Å². The van der Waals surface area contributed by atoms with Gasteiger partial charge >= 0.3 is 0 Å². The lowest BCUT2D eigenvalue weighted by Gasteiger charge is -2.29. The Hall–Kier alpha value is -0.620. The van der Waals surface area contributed by atoms with E-state index in [4.69, 9.17) is 0 Å². The maximum atomic E-state index is 11.9. The highest BCUT2D eigenvalue weighted by atomic mass is 32.2. The number of aryl methyl sites for hydroxylation is 1. The predicted molar refractivity (Wildman–Crippen MR) is 79.6 cm³/mol. The quantitative estimate of drug-likeness (QED) is 0.849. The highest BCUT2D eigenvalue weighted by Gasteiger charge is 2.22. The van der Waals surface area contributed by atoms with Gasteiger partial charge in [-0.3, -0.25) is 4.79 Å². The molecule has 1 aliphatic carbocycles. The molecule has 0 spiro atoms. The number of nitrogens with one attached hydrogen (secondary N) is 1. The molecule has 1 aromatic heterocycles. The van der Waals surface area contributed by atoms with Gasteiger partial charge in [0.15, 0.2) is 4.34 Å². The van der Waals surface area contributed by atoms with Crippen LogP contribution < -0.4 is 5.32 Å². The Kier molecular flexibility index (Phi) is 5.63. The third-order valence-corrected chi connectivity index (χ3v) is 5.42. The first-order chi connectivity index (χ1) is 9.19. The monoisotopic (exact) mass is 299 g/mol. The Morgan fingerprint density at radius 1 is 1.47 bits per heavy atom. The Bertz CT molecular complexity index is 422. The maximum Gasteiger partial charge on any atom is 0.230 e. The molecule has 2 rings (SSSR count). The SMILES string of the molecule is CCc1nsc(SCC(=O)NC2CCCCC2C)n1. The minimum absolute atomic E-state index is 0.122. The van der Waals surface area contributed by atoms with E-state index in [1.165, 1.54) is 42.6 Å². The van der Waals surface area contributed by atoms with Crippen LogP contribution >= 0.6 is 23.3 Å². The minimum atomic E-state index is 0.122. The highest BCUT2D eigenvalue weighted by Crippen LogP contribution is 2.24. The lowest BCUT2D eigenvalue weighted by Crippen LogP contribution is -2.41. The largest absolute Gasteiger partial charge is 0.352 e. The van der Waals surface area contributed by atoms with E-state index >= 15 is 0 Å². The fraction of sp³-hybridized carbons (Fsp3) is 0.769. The predicted octanol–water partition coefficient (Wildman–Crippen LogP) is 2.89. The molecule has 19 heavy (non-hydrogen) atoms. The summed E-state index contributed by atoms with van der Waals surface area (Å²) < 4.78 is 5.11. The van der Waals surface area contributed by atoms with Crippen LogP contribution in [-0.2, 0) is 11.2 Å². The minimum Gasteiger partial charge on any atom is -0.352 e. The van der Waals surface area contributed by atoms with Gasteiger partial charge < -0.3 is 5.32 Å². The standard InChI is InChI=1S/C13H21N3OS2/c1-3-11-15-13(19-16-11)18-8-12(17)14-10-7-5-4-6-9(10)2/h9-10H,3-8H2,1-2H3,(H,14,17). The number of hydrogen-bond acceptors (Lipinski definition) is 5. The van der Waals surface area contributed by atoms with Crippen LogP contribution in [0.25, 0.3) is 0 Å². The van der Waals surface area contributed by atoms with Crippen molar-refractivity contribution in [1.82, 2.24) is 14.7 Å². The summed E-state index contributed by atoms with van der Waals surface area (Å²) in [6.45, 7) is 4.27. The number of aromatic nitrogens is 2. The summed E-state index contributed by atoms with van der Waals surface area (Å²) >= 11 is 2.87. The Balaban J connectivity index is 1.74. The van der Waals surface area contributed by atoms with Crippen LogP contribution in [0.5, 0.6) is 0 Å². The number of carbonyl (C=O) groups is 1. The summed E-state index contributed by atoms with van der Waals surface area (Å²) in [7, 11) is 0. The van der Waals surface area contributed by atoms with E-state index in [2.05, 4.69) is 21.6 Å². The van der Waals surface area contributed by atoms with E-state index in [0.29, 0.717) is 17.7 Å². The molecule has 1 aromatic rings. The summed E-state index contributed by atoms with van der Waals surface area (Å²) in [6.07, 6.45) is 5.74. The van der Waals surface area contributed by atoms with Gasteiger partial charge in [-0.1, -0.05) is 38.5 Å². The van der Waals surface area contributed by atoms with Crippen LogP contribution in [-0.4, -0.2) is 27.1 Å². The average Bonchev–Trinajstić information content (AvgIpc) is 2.87. The molecule has 1 aliphatic rings. The van der Waals surface area contributed by atoms with Crippen LogP contribution in [0, 0.1) is 5.92 Å². The molecule has 2 unspecified atom stereocenters. The maximum absolute atomic E-state index is 11.9. The van der Waals surface area contributed by atoms with E-state index in [1.807, 2.05) is 6.92 Å². The van der Waals surface area contributed by atoms with Crippen molar-refractivity contribution in [3.8, 4) is 0 Å². The number of rotatable bonds is 5. The molecule has 1 N–H and O–H groups in total. The van der Waals surface area contributed by atoms with Crippen LogP contribution in [0.3, 0.4) is 0 Å². The molecular formula is C13H21N3OS2. The van der Waals surface area contributed by atoms with Crippen molar-refractivity contribution in [2.45, 2.75) is 56.3 Å². The van der Waals surface area contributed by atoms with Gasteiger partial charge in [0.1, 0.15) is 5.82 Å². The molecule has 1 heterocycles. The smallest absolute Gasteiger partial charge is 0.230 e. The van der Waals surface area contributed by atoms with Gasteiger partial charge in [0.2, 0.25) is 5.91 Å². The molecule has 1 saturated carbocycles. The molecule has 6 heteroatoms. The summed E-state index contributed by atoms with van der Waals surface area (Å²) in [5, 5.41) is 3.16. The average molecular weight is 299 g/mol. The van der Waals surface area contributed by atoms with E-state index in [-0.39, 0.29) is 5.91 Å². The van der Waals surface area contributed by atoms with Crippen molar-refractivity contribution in [1.29, 1.82) is 0 Å². The first-order valence-corrected chi connectivity index (χ1v) is 8.69. The molecule has 0 radical (unpaired) electrons. The number of thioether (sulfide) groups is 1. The molecule has 0 saturated heterocycles. The Morgan fingerprint density at radius 2 is 2.26 bits per heavy atom. The van der Waals surface area contributed by atoms with Gasteiger partial charge in [0.25, 0.3) is 0 Å². The second-order valence-corrected chi connectivity index (χ2v) is 7.03. The number of amides is 1. The summed E-state index contributed by atoms with van der Waals surface area (Å²) in [6, 6.07) is 0.363. The van der Waals surface area contributed by atoms with Crippen LogP contribution in [0.2, 0.25) is 0 Å². The normalized spacial score (nSPS) is 23.3. The second-order valence-electron chi connectivity index (χ2n) is 5.05. The third-order valence-electron chi connectivity index (χ3n) is 3.55. The molecular weight excluding hydrogens is 278 g/mol. The molecule has 1 fully saturated rings. The van der Waals surface area contributed by atoms with Crippen molar-refractivity contribution >= 4 is 29.2 Å². The van der Waals surface area contributed by atoms with E-state index in [9.17, 15) is 4.79 Å². The van der Waals surface area contributed by atoms with Crippen molar-refractivity contribution in [3.63, 3.8) is 0 Å². The zero-order chi connectivity index (χ0) is 13.7. The summed E-state index contributed by atoms with van der Waals surface area (Å²) in [5.74, 6) is 2.04. The summed E-state index contributed by atoms with van der Waals surface area (Å²) in [4.78, 5) is 16.3. The molecule has 1 amide bonds. The first-order valence-electron chi connectivity index (χ1n) is 6.93. The lowest BCUT2D eigenvalue weighted by molar-refractivity contribution is -0.119. The van der Waals surface area contributed by atoms with Gasteiger partial charge in [-0.25, -0.2) is 4.98 Å². The van der Waals surface area contributed by atoms with E-state index < -0.39 is 0 Å². The van der Waals surface area contributed by atoms with Crippen LogP contribution in [0.4, 0.5) is 0 Å². The molecule has 0 bridgehead atoms. The van der Waals surface area contributed by atoms with E-state index in [0.717, 1.165) is 23.0 Å². The second kappa shape index (κ2) is 7.24. The number of hydrogen-bond donors (Lipinski definition) is 1. The first kappa shape index (κ1) is 14.8.